The summed E-state index contributed by atoms with van der Waals surface area (Å²) in [5.41, 5.74) is 2.22. The number of fused-ring (bicyclic) bond motifs is 1. The van der Waals surface area contributed by atoms with E-state index < -0.39 is 0 Å². The van der Waals surface area contributed by atoms with Gasteiger partial charge < -0.3 is 5.32 Å². The highest BCUT2D eigenvalue weighted by Gasteiger charge is 1.96. The molecule has 0 bridgehead atoms. The van der Waals surface area contributed by atoms with E-state index >= 15 is 0 Å². The topological polar surface area (TPSA) is 24.4 Å². The van der Waals surface area contributed by atoms with Crippen molar-refractivity contribution < 1.29 is 0 Å². The van der Waals surface area contributed by atoms with Crippen LogP contribution in [0.2, 0.25) is 0 Å². The first-order chi connectivity index (χ1) is 5.47. The Balaban J connectivity index is 2.52. The van der Waals surface area contributed by atoms with E-state index in [1.165, 1.54) is 0 Å². The fourth-order valence-corrected chi connectivity index (χ4v) is 1.03. The second-order valence-corrected chi connectivity index (χ2v) is 2.33. The number of hydrogen-bond donors (Lipinski definition) is 1. The third-order valence-corrected chi connectivity index (χ3v) is 1.57. The number of anilines is 1. The zero-order chi connectivity index (χ0) is 7.52. The maximum Gasteiger partial charge on any atom is 0.0469 e. The number of aliphatic imine (C=N–C) groups is 1. The van der Waals surface area contributed by atoms with Gasteiger partial charge in [-0.1, -0.05) is 18.2 Å². The van der Waals surface area contributed by atoms with Gasteiger partial charge >= 0.3 is 0 Å². The first-order valence-corrected chi connectivity index (χ1v) is 3.50. The molecule has 1 aliphatic heterocycles. The second kappa shape index (κ2) is 2.58. The summed E-state index contributed by atoms with van der Waals surface area (Å²) in [5.74, 6) is 0. The van der Waals surface area contributed by atoms with Crippen molar-refractivity contribution in [2.45, 2.75) is 0 Å². The molecule has 11 heavy (non-hydrogen) atoms. The van der Waals surface area contributed by atoms with Gasteiger partial charge in [-0.25, -0.2) is 0 Å². The molecule has 0 spiro atoms. The Labute approximate surface area is 65.3 Å². The van der Waals surface area contributed by atoms with Crippen LogP contribution >= 0.6 is 0 Å². The van der Waals surface area contributed by atoms with E-state index in [0.717, 1.165) is 11.3 Å². The lowest BCUT2D eigenvalue weighted by Crippen LogP contribution is -1.89. The van der Waals surface area contributed by atoms with E-state index in [1.54, 1.807) is 6.20 Å². The third-order valence-electron chi connectivity index (χ3n) is 1.57. The van der Waals surface area contributed by atoms with Crippen molar-refractivity contribution in [3.05, 3.63) is 42.2 Å². The van der Waals surface area contributed by atoms with Gasteiger partial charge in [-0.15, -0.1) is 0 Å². The molecule has 0 aromatic heterocycles. The number of rotatable bonds is 0. The number of hydrogen-bond acceptors (Lipinski definition) is 2. The Bertz CT molecular complexity index is 313. The maximum absolute atomic E-state index is 4.04. The highest BCUT2D eigenvalue weighted by atomic mass is 14.9. The maximum atomic E-state index is 4.04. The molecule has 0 saturated heterocycles. The van der Waals surface area contributed by atoms with Crippen LogP contribution in [0.1, 0.15) is 5.56 Å². The Morgan fingerprint density at radius 1 is 1.18 bits per heavy atom. The van der Waals surface area contributed by atoms with Crippen LogP contribution in [0.15, 0.2) is 41.7 Å². The molecule has 0 radical (unpaired) electrons. The predicted octanol–water partition coefficient (Wildman–Crippen LogP) is 2.00. The SMILES string of the molecule is C1=CNc2ccccc2C=N1. The Morgan fingerprint density at radius 3 is 3.09 bits per heavy atom. The van der Waals surface area contributed by atoms with Crippen LogP contribution in [0, 0.1) is 0 Å². The molecule has 1 aromatic rings. The minimum absolute atomic E-state index is 1.10. The van der Waals surface area contributed by atoms with Crippen LogP contribution < -0.4 is 5.32 Å². The van der Waals surface area contributed by atoms with Gasteiger partial charge in [0.2, 0.25) is 0 Å². The third kappa shape index (κ3) is 1.15. The first kappa shape index (κ1) is 6.16. The lowest BCUT2D eigenvalue weighted by Gasteiger charge is -2.01. The van der Waals surface area contributed by atoms with Gasteiger partial charge in [-0.05, 0) is 6.07 Å². The molecule has 0 amide bonds. The fourth-order valence-electron chi connectivity index (χ4n) is 1.03. The highest BCUT2D eigenvalue weighted by molar-refractivity contribution is 5.88. The van der Waals surface area contributed by atoms with E-state index in [2.05, 4.69) is 10.3 Å². The molecule has 1 aliphatic rings. The van der Waals surface area contributed by atoms with E-state index in [0.29, 0.717) is 0 Å². The molecule has 2 heteroatoms. The first-order valence-electron chi connectivity index (χ1n) is 3.50. The lowest BCUT2D eigenvalue weighted by molar-refractivity contribution is 1.55. The van der Waals surface area contributed by atoms with Gasteiger partial charge in [-0.2, -0.15) is 0 Å². The number of nitrogens with one attached hydrogen (secondary N) is 1. The van der Waals surface area contributed by atoms with Gasteiger partial charge in [0.15, 0.2) is 0 Å². The van der Waals surface area contributed by atoms with Crippen molar-refractivity contribution in [2.75, 3.05) is 5.32 Å². The molecule has 1 heterocycles. The zero-order valence-corrected chi connectivity index (χ0v) is 5.99. The molecule has 0 saturated carbocycles. The Kier molecular flexibility index (Phi) is 1.44. The average Bonchev–Trinajstić information content (AvgIpc) is 2.28. The smallest absolute Gasteiger partial charge is 0.0469 e. The van der Waals surface area contributed by atoms with Crippen LogP contribution in [0.4, 0.5) is 5.69 Å². The molecule has 0 aliphatic carbocycles. The van der Waals surface area contributed by atoms with Crippen molar-refractivity contribution in [3.8, 4) is 0 Å². The lowest BCUT2D eigenvalue weighted by atomic mass is 10.2. The molecular weight excluding hydrogens is 136 g/mol. The number of nitrogens with zero attached hydrogens (tertiary/aromatic N) is 1. The summed E-state index contributed by atoms with van der Waals surface area (Å²) in [4.78, 5) is 4.04. The summed E-state index contributed by atoms with van der Waals surface area (Å²) in [6.45, 7) is 0. The molecule has 1 aromatic carbocycles. The second-order valence-electron chi connectivity index (χ2n) is 2.33. The largest absolute Gasteiger partial charge is 0.360 e. The van der Waals surface area contributed by atoms with Crippen molar-refractivity contribution >= 4 is 11.9 Å². The van der Waals surface area contributed by atoms with Gasteiger partial charge in [-0.3, -0.25) is 4.99 Å². The Morgan fingerprint density at radius 2 is 2.09 bits per heavy atom. The summed E-state index contributed by atoms with van der Waals surface area (Å²) < 4.78 is 0. The van der Waals surface area contributed by atoms with E-state index in [1.807, 2.05) is 36.7 Å². The highest BCUT2D eigenvalue weighted by Crippen LogP contribution is 2.13. The summed E-state index contributed by atoms with van der Waals surface area (Å²) in [5, 5.41) is 3.12. The van der Waals surface area contributed by atoms with Gasteiger partial charge in [0, 0.05) is 29.9 Å². The molecule has 0 fully saturated rings. The summed E-state index contributed by atoms with van der Waals surface area (Å²) in [7, 11) is 0. The molecule has 2 rings (SSSR count). The van der Waals surface area contributed by atoms with Crippen molar-refractivity contribution in [1.29, 1.82) is 0 Å². The van der Waals surface area contributed by atoms with Crippen molar-refractivity contribution in [2.24, 2.45) is 4.99 Å². The standard InChI is InChI=1S/C9H8N2/c1-2-4-9-8(3-1)7-10-5-6-11-9/h1-7,11H. The molecular formula is C9H8N2. The average molecular weight is 144 g/mol. The van der Waals surface area contributed by atoms with E-state index in [4.69, 9.17) is 0 Å². The van der Waals surface area contributed by atoms with Crippen LogP contribution in [0.25, 0.3) is 0 Å². The molecule has 1 N–H and O–H groups in total. The van der Waals surface area contributed by atoms with Crippen LogP contribution in [0.5, 0.6) is 0 Å². The summed E-state index contributed by atoms with van der Waals surface area (Å²) >= 11 is 0. The summed E-state index contributed by atoms with van der Waals surface area (Å²) in [6.07, 6.45) is 5.40. The normalized spacial score (nSPS) is 13.5. The number of para-hydroxylation sites is 1. The van der Waals surface area contributed by atoms with Crippen molar-refractivity contribution in [3.63, 3.8) is 0 Å². The molecule has 0 atom stereocenters. The monoisotopic (exact) mass is 144 g/mol. The van der Waals surface area contributed by atoms with Crippen LogP contribution in [0.3, 0.4) is 0 Å². The molecule has 0 unspecified atom stereocenters. The van der Waals surface area contributed by atoms with Gasteiger partial charge in [0.25, 0.3) is 0 Å². The number of benzene rings is 1. The zero-order valence-electron chi connectivity index (χ0n) is 5.99. The van der Waals surface area contributed by atoms with Crippen molar-refractivity contribution in [1.82, 2.24) is 0 Å². The van der Waals surface area contributed by atoms with E-state index in [9.17, 15) is 0 Å². The quantitative estimate of drug-likeness (QED) is 0.591. The van der Waals surface area contributed by atoms with Gasteiger partial charge in [0.05, 0.1) is 0 Å². The Hall–Kier alpha value is -1.57. The van der Waals surface area contributed by atoms with E-state index in [-0.39, 0.29) is 0 Å². The molecule has 2 nitrogen and oxygen atoms in total. The minimum atomic E-state index is 1.10. The predicted molar refractivity (Wildman–Crippen MR) is 46.8 cm³/mol. The van der Waals surface area contributed by atoms with Gasteiger partial charge in [0.1, 0.15) is 0 Å². The van der Waals surface area contributed by atoms with Crippen LogP contribution in [-0.4, -0.2) is 6.21 Å². The minimum Gasteiger partial charge on any atom is -0.360 e. The molecule has 54 valence electrons. The van der Waals surface area contributed by atoms with Crippen LogP contribution in [-0.2, 0) is 0 Å². The summed E-state index contributed by atoms with van der Waals surface area (Å²) in [6, 6.07) is 8.05. The fraction of sp³-hybridized carbons (Fsp3) is 0.